The Bertz CT molecular complexity index is 1300. The second-order valence-electron chi connectivity index (χ2n) is 7.94. The number of hydrogen-bond donors (Lipinski definition) is 3. The van der Waals surface area contributed by atoms with Gasteiger partial charge in [-0.25, -0.2) is 27.5 Å². The zero-order valence-corrected chi connectivity index (χ0v) is 18.3. The molecule has 166 valence electrons. The predicted molar refractivity (Wildman–Crippen MR) is 118 cm³/mol. The number of nitrogens with zero attached hydrogens (tertiary/aromatic N) is 3. The summed E-state index contributed by atoms with van der Waals surface area (Å²) in [7, 11) is -3.94. The number of halogens is 1. The van der Waals surface area contributed by atoms with Gasteiger partial charge in [0, 0.05) is 29.7 Å². The zero-order chi connectivity index (χ0) is 23.5. The fourth-order valence-electron chi connectivity index (χ4n) is 2.92. The molecule has 1 aromatic heterocycles. The van der Waals surface area contributed by atoms with Gasteiger partial charge in [0.2, 0.25) is 10.0 Å². The van der Waals surface area contributed by atoms with Crippen molar-refractivity contribution in [2.45, 2.75) is 18.7 Å². The second-order valence-corrected chi connectivity index (χ2v) is 9.68. The van der Waals surface area contributed by atoms with Crippen molar-refractivity contribution >= 4 is 15.8 Å². The maximum absolute atomic E-state index is 15.0. The van der Waals surface area contributed by atoms with Crippen LogP contribution in [0, 0.1) is 22.6 Å². The third-order valence-corrected chi connectivity index (χ3v) is 6.24. The van der Waals surface area contributed by atoms with E-state index in [0.29, 0.717) is 11.1 Å². The van der Waals surface area contributed by atoms with Crippen molar-refractivity contribution in [1.82, 2.24) is 14.7 Å². The highest BCUT2D eigenvalue weighted by atomic mass is 32.2. The summed E-state index contributed by atoms with van der Waals surface area (Å²) >= 11 is 0. The van der Waals surface area contributed by atoms with Crippen LogP contribution >= 0.6 is 0 Å². The standard InChI is InChI=1S/C22H22FN5O3S/c1-22(2,13-29)12-27-32(30,31)19-6-4-3-5-15(19)14-7-8-16(17(23)9-14)21-18(10-24)28-20(25)11-26-21/h3-9,11,27,29H,12-13H2,1-2H3,(H2,25,28). The first-order valence-electron chi connectivity index (χ1n) is 9.60. The van der Waals surface area contributed by atoms with Gasteiger partial charge < -0.3 is 10.8 Å². The van der Waals surface area contributed by atoms with Gasteiger partial charge in [-0.3, -0.25) is 0 Å². The molecule has 0 saturated heterocycles. The van der Waals surface area contributed by atoms with E-state index in [0.717, 1.165) is 0 Å². The number of nitrogen functional groups attached to an aromatic ring is 1. The van der Waals surface area contributed by atoms with Crippen LogP contribution in [-0.2, 0) is 10.0 Å². The SMILES string of the molecule is CC(C)(CO)CNS(=O)(=O)c1ccccc1-c1ccc(-c2ncc(N)nc2C#N)c(F)c1. The average Bonchev–Trinajstić information content (AvgIpc) is 2.78. The maximum Gasteiger partial charge on any atom is 0.241 e. The van der Waals surface area contributed by atoms with Crippen molar-refractivity contribution < 1.29 is 17.9 Å². The number of aromatic nitrogens is 2. The minimum Gasteiger partial charge on any atom is -0.396 e. The van der Waals surface area contributed by atoms with Crippen LogP contribution in [0.2, 0.25) is 0 Å². The number of rotatable bonds is 7. The first kappa shape index (κ1) is 23.3. The van der Waals surface area contributed by atoms with E-state index in [2.05, 4.69) is 14.7 Å². The van der Waals surface area contributed by atoms with Crippen LogP contribution in [0.4, 0.5) is 10.2 Å². The number of anilines is 1. The Kier molecular flexibility index (Phi) is 6.55. The summed E-state index contributed by atoms with van der Waals surface area (Å²) in [5, 5.41) is 18.6. The fraction of sp³-hybridized carbons (Fsp3) is 0.227. The van der Waals surface area contributed by atoms with Crippen LogP contribution in [0.25, 0.3) is 22.4 Å². The Balaban J connectivity index is 2.03. The number of aliphatic hydroxyl groups is 1. The molecule has 0 saturated carbocycles. The number of nitriles is 1. The number of nitrogens with one attached hydrogen (secondary N) is 1. The van der Waals surface area contributed by atoms with E-state index in [1.165, 1.54) is 24.4 Å². The molecule has 0 atom stereocenters. The summed E-state index contributed by atoms with van der Waals surface area (Å²) in [6, 6.07) is 12.2. The van der Waals surface area contributed by atoms with Gasteiger partial charge >= 0.3 is 0 Å². The first-order valence-corrected chi connectivity index (χ1v) is 11.1. The minimum absolute atomic E-state index is 0.0223. The molecular weight excluding hydrogens is 433 g/mol. The summed E-state index contributed by atoms with van der Waals surface area (Å²) < 4.78 is 43.4. The van der Waals surface area contributed by atoms with Crippen molar-refractivity contribution in [3.8, 4) is 28.5 Å². The predicted octanol–water partition coefficient (Wildman–Crippen LogP) is 2.70. The Morgan fingerprint density at radius 3 is 2.59 bits per heavy atom. The Morgan fingerprint density at radius 1 is 1.22 bits per heavy atom. The fourth-order valence-corrected chi connectivity index (χ4v) is 4.39. The summed E-state index contributed by atoms with van der Waals surface area (Å²) in [5.41, 5.74) is 5.50. The molecular formula is C22H22FN5O3S. The Morgan fingerprint density at radius 2 is 1.94 bits per heavy atom. The summed E-state index contributed by atoms with van der Waals surface area (Å²) in [6.07, 6.45) is 1.23. The molecule has 3 rings (SSSR count). The lowest BCUT2D eigenvalue weighted by Crippen LogP contribution is -2.36. The molecule has 3 aromatic rings. The molecule has 10 heteroatoms. The quantitative estimate of drug-likeness (QED) is 0.497. The molecule has 1 heterocycles. The average molecular weight is 456 g/mol. The molecule has 0 fully saturated rings. The number of benzene rings is 2. The molecule has 0 amide bonds. The highest BCUT2D eigenvalue weighted by Crippen LogP contribution is 2.32. The molecule has 0 radical (unpaired) electrons. The van der Waals surface area contributed by atoms with Gasteiger partial charge in [0.15, 0.2) is 5.69 Å². The van der Waals surface area contributed by atoms with Gasteiger partial charge in [-0.05, 0) is 23.8 Å². The molecule has 0 aliphatic heterocycles. The van der Waals surface area contributed by atoms with E-state index in [4.69, 9.17) is 5.73 Å². The van der Waals surface area contributed by atoms with Gasteiger partial charge in [-0.15, -0.1) is 0 Å². The number of aliphatic hydroxyl groups excluding tert-OH is 1. The van der Waals surface area contributed by atoms with Crippen molar-refractivity contribution in [3.63, 3.8) is 0 Å². The minimum atomic E-state index is -3.94. The number of sulfonamides is 1. The number of nitrogens with two attached hydrogens (primary N) is 1. The Hall–Kier alpha value is -3.39. The molecule has 0 bridgehead atoms. The molecule has 32 heavy (non-hydrogen) atoms. The van der Waals surface area contributed by atoms with Crippen LogP contribution < -0.4 is 10.5 Å². The molecule has 0 aliphatic rings. The van der Waals surface area contributed by atoms with Gasteiger partial charge in [-0.1, -0.05) is 38.1 Å². The molecule has 4 N–H and O–H groups in total. The maximum atomic E-state index is 15.0. The van der Waals surface area contributed by atoms with Crippen LogP contribution in [0.3, 0.4) is 0 Å². The van der Waals surface area contributed by atoms with E-state index in [1.54, 1.807) is 38.1 Å². The lowest BCUT2D eigenvalue weighted by atomic mass is 9.96. The van der Waals surface area contributed by atoms with Crippen molar-refractivity contribution in [2.24, 2.45) is 5.41 Å². The van der Waals surface area contributed by atoms with Crippen molar-refractivity contribution in [1.29, 1.82) is 5.26 Å². The molecule has 2 aromatic carbocycles. The third kappa shape index (κ3) is 4.91. The molecule has 8 nitrogen and oxygen atoms in total. The largest absolute Gasteiger partial charge is 0.396 e. The van der Waals surface area contributed by atoms with Crippen molar-refractivity contribution in [2.75, 3.05) is 18.9 Å². The summed E-state index contributed by atoms with van der Waals surface area (Å²) in [4.78, 5) is 7.86. The molecule has 0 aliphatic carbocycles. The number of hydrogen-bond acceptors (Lipinski definition) is 7. The molecule has 0 unspecified atom stereocenters. The van der Waals surface area contributed by atoms with E-state index in [-0.39, 0.29) is 40.8 Å². The second kappa shape index (κ2) is 9.00. The highest BCUT2D eigenvalue weighted by molar-refractivity contribution is 7.89. The van der Waals surface area contributed by atoms with Crippen LogP contribution in [0.1, 0.15) is 19.5 Å². The van der Waals surface area contributed by atoms with E-state index < -0.39 is 21.3 Å². The normalized spacial score (nSPS) is 11.8. The van der Waals surface area contributed by atoms with E-state index >= 15 is 4.39 Å². The van der Waals surface area contributed by atoms with Crippen LogP contribution in [0.15, 0.2) is 53.6 Å². The highest BCUT2D eigenvalue weighted by Gasteiger charge is 2.24. The third-order valence-electron chi connectivity index (χ3n) is 4.78. The van der Waals surface area contributed by atoms with Gasteiger partial charge in [0.1, 0.15) is 23.4 Å². The molecule has 0 spiro atoms. The van der Waals surface area contributed by atoms with Crippen LogP contribution in [-0.4, -0.2) is 36.6 Å². The van der Waals surface area contributed by atoms with Gasteiger partial charge in [-0.2, -0.15) is 5.26 Å². The summed E-state index contributed by atoms with van der Waals surface area (Å²) in [5.74, 6) is -0.655. The lowest BCUT2D eigenvalue weighted by molar-refractivity contribution is 0.163. The van der Waals surface area contributed by atoms with Gasteiger partial charge in [0.25, 0.3) is 0 Å². The topological polar surface area (TPSA) is 142 Å². The zero-order valence-electron chi connectivity index (χ0n) is 17.5. The lowest BCUT2D eigenvalue weighted by Gasteiger charge is -2.22. The van der Waals surface area contributed by atoms with Crippen molar-refractivity contribution in [3.05, 3.63) is 60.2 Å². The summed E-state index contributed by atoms with van der Waals surface area (Å²) in [6.45, 7) is 3.29. The van der Waals surface area contributed by atoms with Crippen LogP contribution in [0.5, 0.6) is 0 Å². The van der Waals surface area contributed by atoms with E-state index in [1.807, 2.05) is 6.07 Å². The first-order chi connectivity index (χ1) is 15.1. The smallest absolute Gasteiger partial charge is 0.241 e. The Labute approximate surface area is 185 Å². The monoisotopic (exact) mass is 455 g/mol. The van der Waals surface area contributed by atoms with Gasteiger partial charge in [0.05, 0.1) is 11.1 Å². The van der Waals surface area contributed by atoms with E-state index in [9.17, 15) is 18.8 Å².